The lowest BCUT2D eigenvalue weighted by Gasteiger charge is -2.36. The second-order valence-corrected chi connectivity index (χ2v) is 7.90. The van der Waals surface area contributed by atoms with Crippen molar-refractivity contribution in [2.24, 2.45) is 11.8 Å². The summed E-state index contributed by atoms with van der Waals surface area (Å²) in [7, 11) is -3.17. The smallest absolute Gasteiger partial charge is 0.236 e. The summed E-state index contributed by atoms with van der Waals surface area (Å²) in [4.78, 5) is 0. The first kappa shape index (κ1) is 10.9. The monoisotopic (exact) mass is 263 g/mol. The Morgan fingerprint density at radius 1 is 1.22 bits per heavy atom. The number of hydrogen-bond donors (Lipinski definition) is 1. The molecule has 0 unspecified atom stereocenters. The van der Waals surface area contributed by atoms with E-state index in [1.165, 1.54) is 17.5 Å². The Balaban J connectivity index is 1.94. The molecular formula is C14H17NO2S. The van der Waals surface area contributed by atoms with E-state index < -0.39 is 10.0 Å². The van der Waals surface area contributed by atoms with Crippen molar-refractivity contribution < 1.29 is 8.42 Å². The van der Waals surface area contributed by atoms with E-state index in [4.69, 9.17) is 0 Å². The third kappa shape index (κ3) is 1.27. The van der Waals surface area contributed by atoms with E-state index in [-0.39, 0.29) is 11.2 Å². The highest BCUT2D eigenvalue weighted by Gasteiger charge is 2.56. The van der Waals surface area contributed by atoms with Gasteiger partial charge in [0.15, 0.2) is 0 Å². The van der Waals surface area contributed by atoms with Crippen LogP contribution in [0.5, 0.6) is 0 Å². The molecule has 0 radical (unpaired) electrons. The fraction of sp³-hybridized carbons (Fsp3) is 0.571. The molecule has 2 saturated carbocycles. The number of anilines is 1. The van der Waals surface area contributed by atoms with Gasteiger partial charge in [-0.25, -0.2) is 8.42 Å². The zero-order chi connectivity index (χ0) is 12.5. The van der Waals surface area contributed by atoms with E-state index in [2.05, 4.69) is 17.7 Å². The maximum absolute atomic E-state index is 12.4. The molecule has 2 bridgehead atoms. The minimum absolute atomic E-state index is 0.175. The second-order valence-electron chi connectivity index (χ2n) is 6.06. The molecule has 0 amide bonds. The van der Waals surface area contributed by atoms with Crippen molar-refractivity contribution in [2.45, 2.75) is 37.4 Å². The van der Waals surface area contributed by atoms with Gasteiger partial charge in [0.05, 0.1) is 10.9 Å². The van der Waals surface area contributed by atoms with E-state index in [0.717, 1.165) is 18.5 Å². The number of benzene rings is 1. The van der Waals surface area contributed by atoms with Crippen molar-refractivity contribution in [1.29, 1.82) is 0 Å². The summed E-state index contributed by atoms with van der Waals surface area (Å²) in [6.07, 6.45) is 3.40. The third-order valence-electron chi connectivity index (χ3n) is 5.02. The van der Waals surface area contributed by atoms with Gasteiger partial charge in [-0.05, 0) is 49.7 Å². The van der Waals surface area contributed by atoms with Crippen LogP contribution in [0.4, 0.5) is 5.69 Å². The first-order valence-electron chi connectivity index (χ1n) is 6.68. The van der Waals surface area contributed by atoms with E-state index in [0.29, 0.717) is 11.8 Å². The second kappa shape index (κ2) is 3.29. The Labute approximate surface area is 108 Å². The standard InChI is InChI=1S/C14H17NO2S/c1-8-2-5-12-11(6-8)13-9-3-4-10(7-9)14(13)18(16,17)15-12/h2,5-6,9-10,13-15H,3-4,7H2,1H3/t9-,10-,13-,14+/m1/s1. The van der Waals surface area contributed by atoms with Crippen LogP contribution in [0.25, 0.3) is 0 Å². The predicted molar refractivity (Wildman–Crippen MR) is 71.1 cm³/mol. The summed E-state index contributed by atoms with van der Waals surface area (Å²) in [6.45, 7) is 2.07. The van der Waals surface area contributed by atoms with Crippen molar-refractivity contribution in [1.82, 2.24) is 0 Å². The number of fused-ring (bicyclic) bond motifs is 7. The first-order chi connectivity index (χ1) is 8.56. The van der Waals surface area contributed by atoms with Crippen molar-refractivity contribution in [3.05, 3.63) is 29.3 Å². The molecule has 0 aromatic heterocycles. The Morgan fingerprint density at radius 2 is 2.00 bits per heavy atom. The Morgan fingerprint density at radius 3 is 2.83 bits per heavy atom. The van der Waals surface area contributed by atoms with E-state index in [1.807, 2.05) is 12.1 Å². The number of rotatable bonds is 0. The molecular weight excluding hydrogens is 246 g/mol. The van der Waals surface area contributed by atoms with Gasteiger partial charge in [0.1, 0.15) is 0 Å². The molecule has 0 spiro atoms. The Kier molecular flexibility index (Phi) is 1.99. The molecule has 18 heavy (non-hydrogen) atoms. The normalized spacial score (nSPS) is 38.9. The number of nitrogens with one attached hydrogen (secondary N) is 1. The van der Waals surface area contributed by atoms with E-state index in [1.54, 1.807) is 0 Å². The van der Waals surface area contributed by atoms with Crippen LogP contribution in [0.2, 0.25) is 0 Å². The Bertz CT molecular complexity index is 623. The summed E-state index contributed by atoms with van der Waals surface area (Å²) in [5.74, 6) is 1.20. The maximum Gasteiger partial charge on any atom is 0.236 e. The zero-order valence-electron chi connectivity index (χ0n) is 10.4. The minimum atomic E-state index is -3.17. The molecule has 1 aromatic carbocycles. The highest BCUT2D eigenvalue weighted by Crippen LogP contribution is 2.58. The van der Waals surface area contributed by atoms with E-state index >= 15 is 0 Å². The van der Waals surface area contributed by atoms with Crippen LogP contribution in [0, 0.1) is 18.8 Å². The van der Waals surface area contributed by atoms with E-state index in [9.17, 15) is 8.42 Å². The lowest BCUT2D eigenvalue weighted by atomic mass is 9.81. The molecule has 4 rings (SSSR count). The molecule has 3 nitrogen and oxygen atoms in total. The topological polar surface area (TPSA) is 46.2 Å². The van der Waals surface area contributed by atoms with Crippen LogP contribution in [0.15, 0.2) is 18.2 Å². The number of aryl methyl sites for hydroxylation is 1. The van der Waals surface area contributed by atoms with Crippen LogP contribution in [-0.2, 0) is 10.0 Å². The molecule has 1 N–H and O–H groups in total. The SMILES string of the molecule is Cc1ccc2c(c1)[C@H]1[C@@H]3CC[C@H](C3)[C@@H]1S(=O)(=O)N2. The van der Waals surface area contributed by atoms with Gasteiger partial charge < -0.3 is 0 Å². The molecule has 1 heterocycles. The van der Waals surface area contributed by atoms with Crippen LogP contribution in [-0.4, -0.2) is 13.7 Å². The molecule has 4 heteroatoms. The fourth-order valence-electron chi connectivity index (χ4n) is 4.39. The molecule has 4 atom stereocenters. The van der Waals surface area contributed by atoms with Gasteiger partial charge >= 0.3 is 0 Å². The van der Waals surface area contributed by atoms with Gasteiger partial charge in [-0.1, -0.05) is 17.7 Å². The molecule has 3 aliphatic rings. The largest absolute Gasteiger partial charge is 0.283 e. The molecule has 96 valence electrons. The molecule has 0 saturated heterocycles. The van der Waals surface area contributed by atoms with Crippen LogP contribution < -0.4 is 4.72 Å². The average molecular weight is 263 g/mol. The summed E-state index contributed by atoms with van der Waals surface area (Å²) in [5, 5.41) is -0.175. The summed E-state index contributed by atoms with van der Waals surface area (Å²) in [6, 6.07) is 6.08. The van der Waals surface area contributed by atoms with Crippen molar-refractivity contribution >= 4 is 15.7 Å². The minimum Gasteiger partial charge on any atom is -0.283 e. The predicted octanol–water partition coefficient (Wildman–Crippen LogP) is 2.63. The molecule has 1 aromatic rings. The summed E-state index contributed by atoms with van der Waals surface area (Å²) < 4.78 is 27.6. The van der Waals surface area contributed by atoms with Gasteiger partial charge in [0.2, 0.25) is 10.0 Å². The first-order valence-corrected chi connectivity index (χ1v) is 8.23. The van der Waals surface area contributed by atoms with Crippen molar-refractivity contribution in [3.8, 4) is 0 Å². The zero-order valence-corrected chi connectivity index (χ0v) is 11.2. The van der Waals surface area contributed by atoms with Gasteiger partial charge in [-0.2, -0.15) is 0 Å². The van der Waals surface area contributed by atoms with Gasteiger partial charge in [0.25, 0.3) is 0 Å². The van der Waals surface area contributed by atoms with Crippen molar-refractivity contribution in [2.75, 3.05) is 4.72 Å². The average Bonchev–Trinajstić information content (AvgIpc) is 2.90. The maximum atomic E-state index is 12.4. The summed E-state index contributed by atoms with van der Waals surface area (Å²) >= 11 is 0. The highest BCUT2D eigenvalue weighted by atomic mass is 32.2. The van der Waals surface area contributed by atoms with Crippen LogP contribution >= 0.6 is 0 Å². The van der Waals surface area contributed by atoms with Gasteiger partial charge in [-0.15, -0.1) is 0 Å². The number of hydrogen-bond acceptors (Lipinski definition) is 2. The van der Waals surface area contributed by atoms with Gasteiger partial charge in [0, 0.05) is 5.92 Å². The third-order valence-corrected chi connectivity index (χ3v) is 6.92. The number of sulfonamides is 1. The Hall–Kier alpha value is -1.03. The quantitative estimate of drug-likeness (QED) is 0.782. The highest BCUT2D eigenvalue weighted by molar-refractivity contribution is 7.93. The van der Waals surface area contributed by atoms with Crippen LogP contribution in [0.1, 0.15) is 36.3 Å². The molecule has 2 aliphatic carbocycles. The lowest BCUT2D eigenvalue weighted by molar-refractivity contribution is 0.411. The molecule has 1 aliphatic heterocycles. The lowest BCUT2D eigenvalue weighted by Crippen LogP contribution is -2.41. The summed E-state index contributed by atoms with van der Waals surface area (Å²) in [5.41, 5.74) is 3.27. The van der Waals surface area contributed by atoms with Gasteiger partial charge in [-0.3, -0.25) is 4.72 Å². The van der Waals surface area contributed by atoms with Crippen LogP contribution in [0.3, 0.4) is 0 Å². The van der Waals surface area contributed by atoms with Crippen molar-refractivity contribution in [3.63, 3.8) is 0 Å². The fourth-order valence-corrected chi connectivity index (χ4v) is 6.53. The molecule has 2 fully saturated rings.